The Balaban J connectivity index is 2.02. The molecule has 0 aliphatic carbocycles. The van der Waals surface area contributed by atoms with Crippen LogP contribution in [0.3, 0.4) is 0 Å². The molecule has 1 fully saturated rings. The van der Waals surface area contributed by atoms with Crippen molar-refractivity contribution in [1.29, 1.82) is 0 Å². The standard InChI is InChI=1S/C10H9BrO3/c11-8-3-1-2-7(6-8)10(12)14-9-4-5-13-9/h1-3,6,9H,4-5H2. The molecule has 1 heterocycles. The Labute approximate surface area is 90.1 Å². The van der Waals surface area contributed by atoms with Gasteiger partial charge in [0.05, 0.1) is 12.2 Å². The second-order valence-corrected chi connectivity index (χ2v) is 3.92. The Hall–Kier alpha value is -0.870. The third-order valence-corrected chi connectivity index (χ3v) is 2.45. The van der Waals surface area contributed by atoms with Gasteiger partial charge in [0, 0.05) is 10.9 Å². The number of halogens is 1. The number of benzene rings is 1. The lowest BCUT2D eigenvalue weighted by molar-refractivity contribution is -0.184. The van der Waals surface area contributed by atoms with E-state index in [2.05, 4.69) is 15.9 Å². The van der Waals surface area contributed by atoms with Crippen LogP contribution in [0.2, 0.25) is 0 Å². The van der Waals surface area contributed by atoms with Gasteiger partial charge in [0.2, 0.25) is 6.29 Å². The molecule has 3 nitrogen and oxygen atoms in total. The lowest BCUT2D eigenvalue weighted by atomic mass is 10.2. The molecule has 4 heteroatoms. The molecule has 1 aromatic rings. The van der Waals surface area contributed by atoms with Gasteiger partial charge in [-0.2, -0.15) is 0 Å². The van der Waals surface area contributed by atoms with Crippen LogP contribution in [0.4, 0.5) is 0 Å². The van der Waals surface area contributed by atoms with Crippen LogP contribution in [0.15, 0.2) is 28.7 Å². The van der Waals surface area contributed by atoms with Gasteiger partial charge < -0.3 is 9.47 Å². The molecule has 1 aliphatic rings. The Bertz CT molecular complexity index is 347. The van der Waals surface area contributed by atoms with Gasteiger partial charge in [-0.3, -0.25) is 0 Å². The maximum absolute atomic E-state index is 11.5. The van der Waals surface area contributed by atoms with E-state index in [0.29, 0.717) is 12.2 Å². The summed E-state index contributed by atoms with van der Waals surface area (Å²) >= 11 is 3.29. The SMILES string of the molecule is O=C(OC1CCO1)c1cccc(Br)c1. The first-order chi connectivity index (χ1) is 6.75. The van der Waals surface area contributed by atoms with E-state index >= 15 is 0 Å². The topological polar surface area (TPSA) is 35.5 Å². The van der Waals surface area contributed by atoms with Crippen molar-refractivity contribution in [3.63, 3.8) is 0 Å². The van der Waals surface area contributed by atoms with E-state index < -0.39 is 0 Å². The highest BCUT2D eigenvalue weighted by Crippen LogP contribution is 2.17. The predicted molar refractivity (Wildman–Crippen MR) is 53.9 cm³/mol. The van der Waals surface area contributed by atoms with Crippen molar-refractivity contribution >= 4 is 21.9 Å². The number of ether oxygens (including phenoxy) is 2. The second kappa shape index (κ2) is 4.11. The molecule has 0 N–H and O–H groups in total. The Morgan fingerprint density at radius 1 is 1.57 bits per heavy atom. The first-order valence-corrected chi connectivity index (χ1v) is 5.13. The maximum Gasteiger partial charge on any atom is 0.340 e. The number of hydrogen-bond acceptors (Lipinski definition) is 3. The zero-order valence-electron chi connectivity index (χ0n) is 7.40. The third kappa shape index (κ3) is 2.13. The van der Waals surface area contributed by atoms with Crippen molar-refractivity contribution in [2.75, 3.05) is 6.61 Å². The molecule has 0 radical (unpaired) electrons. The van der Waals surface area contributed by atoms with E-state index in [1.54, 1.807) is 18.2 Å². The fourth-order valence-corrected chi connectivity index (χ4v) is 1.51. The summed E-state index contributed by atoms with van der Waals surface area (Å²) < 4.78 is 10.9. The minimum atomic E-state index is -0.346. The summed E-state index contributed by atoms with van der Waals surface area (Å²) in [6.45, 7) is 0.677. The Morgan fingerprint density at radius 2 is 2.36 bits per heavy atom. The first-order valence-electron chi connectivity index (χ1n) is 4.34. The zero-order valence-corrected chi connectivity index (χ0v) is 8.99. The summed E-state index contributed by atoms with van der Waals surface area (Å²) in [6, 6.07) is 7.09. The number of carbonyl (C=O) groups is 1. The molecule has 0 bridgehead atoms. The summed E-state index contributed by atoms with van der Waals surface area (Å²) in [7, 11) is 0. The summed E-state index contributed by atoms with van der Waals surface area (Å²) in [5.74, 6) is -0.337. The van der Waals surface area contributed by atoms with Crippen molar-refractivity contribution < 1.29 is 14.3 Å². The number of esters is 1. The van der Waals surface area contributed by atoms with E-state index in [-0.39, 0.29) is 12.3 Å². The highest BCUT2D eigenvalue weighted by molar-refractivity contribution is 9.10. The van der Waals surface area contributed by atoms with Crippen molar-refractivity contribution in [1.82, 2.24) is 0 Å². The van der Waals surface area contributed by atoms with Crippen LogP contribution in [-0.2, 0) is 9.47 Å². The monoisotopic (exact) mass is 256 g/mol. The normalized spacial score (nSPS) is 19.9. The van der Waals surface area contributed by atoms with Gasteiger partial charge in [-0.1, -0.05) is 22.0 Å². The minimum Gasteiger partial charge on any atom is -0.432 e. The molecule has 14 heavy (non-hydrogen) atoms. The molecule has 1 atom stereocenters. The second-order valence-electron chi connectivity index (χ2n) is 3.00. The fraction of sp³-hybridized carbons (Fsp3) is 0.300. The van der Waals surface area contributed by atoms with Gasteiger partial charge in [-0.15, -0.1) is 0 Å². The molecule has 0 spiro atoms. The molecule has 0 saturated carbocycles. The van der Waals surface area contributed by atoms with Crippen LogP contribution in [-0.4, -0.2) is 18.9 Å². The van der Waals surface area contributed by atoms with Crippen LogP contribution >= 0.6 is 15.9 Å². The van der Waals surface area contributed by atoms with Gasteiger partial charge in [-0.25, -0.2) is 4.79 Å². The van der Waals surface area contributed by atoms with Gasteiger partial charge in [-0.05, 0) is 18.2 Å². The molecule has 1 saturated heterocycles. The summed E-state index contributed by atoms with van der Waals surface area (Å²) in [5, 5.41) is 0. The Morgan fingerprint density at radius 3 is 2.93 bits per heavy atom. The van der Waals surface area contributed by atoms with E-state index in [1.807, 2.05) is 6.07 Å². The van der Waals surface area contributed by atoms with E-state index in [1.165, 1.54) is 0 Å². The predicted octanol–water partition coefficient (Wildman–Crippen LogP) is 2.35. The number of hydrogen-bond donors (Lipinski definition) is 0. The van der Waals surface area contributed by atoms with Crippen molar-refractivity contribution in [2.45, 2.75) is 12.7 Å². The molecular formula is C10H9BrO3. The molecule has 74 valence electrons. The minimum absolute atomic E-state index is 0.337. The van der Waals surface area contributed by atoms with Gasteiger partial charge >= 0.3 is 5.97 Å². The van der Waals surface area contributed by atoms with Crippen LogP contribution in [0.25, 0.3) is 0 Å². The van der Waals surface area contributed by atoms with Crippen molar-refractivity contribution in [2.24, 2.45) is 0 Å². The Kier molecular flexibility index (Phi) is 2.84. The molecule has 0 amide bonds. The number of rotatable bonds is 2. The lowest BCUT2D eigenvalue weighted by Crippen LogP contribution is -2.31. The van der Waals surface area contributed by atoms with Crippen LogP contribution in [0, 0.1) is 0 Å². The van der Waals surface area contributed by atoms with Gasteiger partial charge in [0.15, 0.2) is 0 Å². The van der Waals surface area contributed by atoms with Gasteiger partial charge in [0.1, 0.15) is 0 Å². The fourth-order valence-electron chi connectivity index (χ4n) is 1.11. The average Bonchev–Trinajstić information content (AvgIpc) is 2.11. The summed E-state index contributed by atoms with van der Waals surface area (Å²) in [5.41, 5.74) is 0.537. The number of carbonyl (C=O) groups excluding carboxylic acids is 1. The van der Waals surface area contributed by atoms with E-state index in [0.717, 1.165) is 10.9 Å². The van der Waals surface area contributed by atoms with Crippen LogP contribution in [0.1, 0.15) is 16.8 Å². The van der Waals surface area contributed by atoms with E-state index in [9.17, 15) is 4.79 Å². The average molecular weight is 257 g/mol. The molecular weight excluding hydrogens is 248 g/mol. The molecule has 1 aromatic carbocycles. The van der Waals surface area contributed by atoms with Gasteiger partial charge in [0.25, 0.3) is 0 Å². The maximum atomic E-state index is 11.5. The summed E-state index contributed by atoms with van der Waals surface area (Å²) in [4.78, 5) is 11.5. The highest BCUT2D eigenvalue weighted by atomic mass is 79.9. The molecule has 1 unspecified atom stereocenters. The highest BCUT2D eigenvalue weighted by Gasteiger charge is 2.23. The lowest BCUT2D eigenvalue weighted by Gasteiger charge is -2.25. The third-order valence-electron chi connectivity index (χ3n) is 1.96. The van der Waals surface area contributed by atoms with Crippen LogP contribution in [0.5, 0.6) is 0 Å². The van der Waals surface area contributed by atoms with Crippen molar-refractivity contribution in [3.8, 4) is 0 Å². The molecule has 2 rings (SSSR count). The zero-order chi connectivity index (χ0) is 9.97. The molecule has 1 aliphatic heterocycles. The molecule has 0 aromatic heterocycles. The summed E-state index contributed by atoms with van der Waals surface area (Å²) in [6.07, 6.45) is 0.446. The smallest absolute Gasteiger partial charge is 0.340 e. The largest absolute Gasteiger partial charge is 0.432 e. The van der Waals surface area contributed by atoms with E-state index in [4.69, 9.17) is 9.47 Å². The first kappa shape index (κ1) is 9.68. The van der Waals surface area contributed by atoms with Crippen LogP contribution < -0.4 is 0 Å². The quantitative estimate of drug-likeness (QED) is 0.763. The van der Waals surface area contributed by atoms with Crippen molar-refractivity contribution in [3.05, 3.63) is 34.3 Å².